The molecule has 2 aromatic heterocycles. The minimum atomic E-state index is -0.758. The second-order valence-corrected chi connectivity index (χ2v) is 5.70. The zero-order valence-corrected chi connectivity index (χ0v) is 11.9. The fourth-order valence-electron chi connectivity index (χ4n) is 2.14. The number of aromatic nitrogens is 4. The Balaban J connectivity index is 2.04. The van der Waals surface area contributed by atoms with E-state index in [1.165, 1.54) is 12.7 Å². The van der Waals surface area contributed by atoms with Gasteiger partial charge in [0.05, 0.1) is 23.0 Å². The first-order chi connectivity index (χ1) is 9.13. The van der Waals surface area contributed by atoms with E-state index in [1.54, 1.807) is 4.57 Å². The van der Waals surface area contributed by atoms with Crippen molar-refractivity contribution in [1.82, 2.24) is 19.5 Å². The molecule has 4 atom stereocenters. The molecule has 1 aliphatic rings. The lowest BCUT2D eigenvalue weighted by Gasteiger charge is -2.16. The summed E-state index contributed by atoms with van der Waals surface area (Å²) in [5.74, 6) is 0.279. The van der Waals surface area contributed by atoms with Crippen LogP contribution in [0.3, 0.4) is 0 Å². The van der Waals surface area contributed by atoms with Crippen LogP contribution in [0.1, 0.15) is 6.23 Å². The predicted octanol–water partition coefficient (Wildman–Crippen LogP) is -0.537. The van der Waals surface area contributed by atoms with Crippen molar-refractivity contribution in [2.45, 2.75) is 22.4 Å². The molecule has 1 fully saturated rings. The highest BCUT2D eigenvalue weighted by Gasteiger charge is 2.43. The first-order valence-electron chi connectivity index (χ1n) is 5.65. The summed E-state index contributed by atoms with van der Waals surface area (Å²) < 4.78 is 7.05. The Labute approximate surface area is 121 Å². The molecule has 1 aliphatic heterocycles. The number of nitrogens with zero attached hydrogens (tertiary/aromatic N) is 4. The van der Waals surface area contributed by atoms with Gasteiger partial charge in [0, 0.05) is 0 Å². The van der Waals surface area contributed by atoms with Crippen LogP contribution in [0.15, 0.2) is 12.7 Å². The molecular formula is C10H12IN5O3. The van der Waals surface area contributed by atoms with Gasteiger partial charge in [-0.2, -0.15) is 0 Å². The van der Waals surface area contributed by atoms with Gasteiger partial charge in [0.15, 0.2) is 17.7 Å². The van der Waals surface area contributed by atoms with Gasteiger partial charge in [-0.3, -0.25) is 4.57 Å². The summed E-state index contributed by atoms with van der Waals surface area (Å²) in [5.41, 5.74) is 6.68. The van der Waals surface area contributed by atoms with Crippen molar-refractivity contribution in [3.8, 4) is 0 Å². The number of ether oxygens (including phenoxy) is 1. The number of rotatable bonds is 2. The maximum Gasteiger partial charge on any atom is 0.167 e. The summed E-state index contributed by atoms with van der Waals surface area (Å²) >= 11 is 2.06. The quantitative estimate of drug-likeness (QED) is 0.475. The van der Waals surface area contributed by atoms with Crippen molar-refractivity contribution in [1.29, 1.82) is 0 Å². The highest BCUT2D eigenvalue weighted by Crippen LogP contribution is 2.35. The number of nitrogens with two attached hydrogens (primary N) is 1. The monoisotopic (exact) mass is 377 g/mol. The maximum atomic E-state index is 10.2. The molecule has 0 amide bonds. The molecule has 0 radical (unpaired) electrons. The number of imidazole rings is 1. The lowest BCUT2D eigenvalue weighted by Crippen LogP contribution is -2.27. The molecule has 19 heavy (non-hydrogen) atoms. The predicted molar refractivity (Wildman–Crippen MR) is 74.5 cm³/mol. The normalized spacial score (nSPS) is 31.1. The third kappa shape index (κ3) is 1.96. The van der Waals surface area contributed by atoms with Crippen molar-refractivity contribution >= 4 is 39.6 Å². The summed E-state index contributed by atoms with van der Waals surface area (Å²) in [6.07, 6.45) is 1.02. The highest BCUT2D eigenvalue weighted by molar-refractivity contribution is 14.1. The maximum absolute atomic E-state index is 10.2. The fraction of sp³-hybridized carbons (Fsp3) is 0.500. The van der Waals surface area contributed by atoms with E-state index in [4.69, 9.17) is 10.5 Å². The molecule has 1 saturated heterocycles. The smallest absolute Gasteiger partial charge is 0.167 e. The van der Waals surface area contributed by atoms with Gasteiger partial charge in [0.25, 0.3) is 0 Å². The van der Waals surface area contributed by atoms with Crippen molar-refractivity contribution in [3.05, 3.63) is 12.7 Å². The number of fused-ring (bicyclic) bond motifs is 1. The summed E-state index contributed by atoms with van der Waals surface area (Å²) in [7, 11) is 0. The topological polar surface area (TPSA) is 119 Å². The van der Waals surface area contributed by atoms with Crippen molar-refractivity contribution in [3.63, 3.8) is 0 Å². The number of aliphatic hydroxyl groups excluding tert-OH is 2. The first kappa shape index (κ1) is 13.0. The summed E-state index contributed by atoms with van der Waals surface area (Å²) in [4.78, 5) is 12.1. The largest absolute Gasteiger partial charge is 0.394 e. The van der Waals surface area contributed by atoms with E-state index in [9.17, 15) is 10.2 Å². The number of halogens is 1. The van der Waals surface area contributed by atoms with Gasteiger partial charge >= 0.3 is 0 Å². The number of alkyl halides is 1. The number of hydrogen-bond donors (Lipinski definition) is 3. The Kier molecular flexibility index (Phi) is 3.28. The molecule has 2 aromatic rings. The Morgan fingerprint density at radius 1 is 1.42 bits per heavy atom. The molecule has 0 aromatic carbocycles. The number of hydrogen-bond acceptors (Lipinski definition) is 7. The van der Waals surface area contributed by atoms with Crippen LogP contribution in [0.4, 0.5) is 5.82 Å². The Morgan fingerprint density at radius 2 is 2.21 bits per heavy atom. The van der Waals surface area contributed by atoms with Crippen LogP contribution >= 0.6 is 22.6 Å². The number of nitrogen functional groups attached to an aromatic ring is 1. The summed E-state index contributed by atoms with van der Waals surface area (Å²) in [6, 6.07) is 0. The molecule has 102 valence electrons. The van der Waals surface area contributed by atoms with E-state index in [2.05, 4.69) is 37.5 Å². The molecule has 4 N–H and O–H groups in total. The molecule has 3 heterocycles. The average Bonchev–Trinajstić information content (AvgIpc) is 2.94. The fourth-order valence-corrected chi connectivity index (χ4v) is 2.89. The van der Waals surface area contributed by atoms with E-state index in [-0.39, 0.29) is 16.3 Å². The zero-order valence-electron chi connectivity index (χ0n) is 9.72. The van der Waals surface area contributed by atoms with Crippen molar-refractivity contribution < 1.29 is 14.9 Å². The van der Waals surface area contributed by atoms with E-state index < -0.39 is 18.4 Å². The van der Waals surface area contributed by atoms with Crippen LogP contribution in [-0.4, -0.2) is 52.5 Å². The number of aliphatic hydroxyl groups is 2. The van der Waals surface area contributed by atoms with Gasteiger partial charge < -0.3 is 20.7 Å². The lowest BCUT2D eigenvalue weighted by molar-refractivity contribution is -0.0486. The highest BCUT2D eigenvalue weighted by atomic mass is 127. The molecule has 3 rings (SSSR count). The zero-order chi connectivity index (χ0) is 13.6. The van der Waals surface area contributed by atoms with Gasteiger partial charge in [-0.25, -0.2) is 15.0 Å². The van der Waals surface area contributed by atoms with Crippen LogP contribution in [-0.2, 0) is 4.74 Å². The van der Waals surface area contributed by atoms with Gasteiger partial charge in [0.2, 0.25) is 0 Å². The molecule has 0 saturated carbocycles. The first-order valence-corrected chi connectivity index (χ1v) is 6.89. The Bertz CT molecular complexity index is 606. The van der Waals surface area contributed by atoms with Gasteiger partial charge in [0.1, 0.15) is 17.9 Å². The average molecular weight is 377 g/mol. The number of anilines is 1. The second kappa shape index (κ2) is 4.81. The molecule has 9 heteroatoms. The van der Waals surface area contributed by atoms with E-state index >= 15 is 0 Å². The van der Waals surface area contributed by atoms with Crippen LogP contribution in [0, 0.1) is 0 Å². The molecule has 4 unspecified atom stereocenters. The summed E-state index contributed by atoms with van der Waals surface area (Å²) in [6.45, 7) is -0.148. The third-order valence-electron chi connectivity index (χ3n) is 3.13. The lowest BCUT2D eigenvalue weighted by atomic mass is 10.2. The van der Waals surface area contributed by atoms with Crippen molar-refractivity contribution in [2.75, 3.05) is 12.3 Å². The summed E-state index contributed by atoms with van der Waals surface area (Å²) in [5, 5.41) is 19.4. The van der Waals surface area contributed by atoms with Crippen molar-refractivity contribution in [2.24, 2.45) is 0 Å². The van der Waals surface area contributed by atoms with E-state index in [1.807, 2.05) is 0 Å². The Morgan fingerprint density at radius 3 is 2.89 bits per heavy atom. The van der Waals surface area contributed by atoms with Crippen LogP contribution in [0.25, 0.3) is 11.2 Å². The van der Waals surface area contributed by atoms with Crippen LogP contribution in [0.5, 0.6) is 0 Å². The molecule has 0 bridgehead atoms. The third-order valence-corrected chi connectivity index (χ3v) is 4.67. The van der Waals surface area contributed by atoms with Crippen LogP contribution < -0.4 is 5.73 Å². The Hall–Kier alpha value is -1.04. The van der Waals surface area contributed by atoms with Gasteiger partial charge in [-0.05, 0) is 0 Å². The van der Waals surface area contributed by atoms with Crippen LogP contribution in [0.2, 0.25) is 0 Å². The van der Waals surface area contributed by atoms with E-state index in [0.717, 1.165) is 0 Å². The molecular weight excluding hydrogens is 365 g/mol. The van der Waals surface area contributed by atoms with Gasteiger partial charge in [-0.15, -0.1) is 0 Å². The molecule has 8 nitrogen and oxygen atoms in total. The molecule has 0 aliphatic carbocycles. The minimum Gasteiger partial charge on any atom is -0.394 e. The SMILES string of the molecule is Nc1ncnc2c1ncn2C1OC(CO)C(I)C1O. The molecule has 0 spiro atoms. The van der Waals surface area contributed by atoms with Gasteiger partial charge in [-0.1, -0.05) is 22.6 Å². The second-order valence-electron chi connectivity index (χ2n) is 4.27. The van der Waals surface area contributed by atoms with E-state index in [0.29, 0.717) is 11.2 Å². The minimum absolute atomic E-state index is 0.148. The standard InChI is InChI=1S/C10H12IN5O3/c11-5-4(1-17)19-10(7(5)18)16-3-15-6-8(12)13-2-14-9(6)16/h2-5,7,10,17-18H,1H2,(H2,12,13,14).